The second-order valence-electron chi connectivity index (χ2n) is 8.89. The van der Waals surface area contributed by atoms with Gasteiger partial charge >= 0.3 is 11.5 Å². The zero-order valence-electron chi connectivity index (χ0n) is 18.0. The largest absolute Gasteiger partial charge is 0.741 e. The van der Waals surface area contributed by atoms with Gasteiger partial charge in [-0.05, 0) is 22.9 Å². The van der Waals surface area contributed by atoms with Crippen LogP contribution in [0.5, 0.6) is 0 Å². The number of esters is 1. The van der Waals surface area contributed by atoms with Crippen molar-refractivity contribution in [1.29, 1.82) is 0 Å². The van der Waals surface area contributed by atoms with Crippen LogP contribution in [-0.2, 0) is 30.0 Å². The number of morpholine rings is 1. The van der Waals surface area contributed by atoms with E-state index in [9.17, 15) is 23.1 Å². The molecule has 5 heterocycles. The number of nitrogens with zero attached hydrogens (tertiary/aromatic N) is 1. The van der Waals surface area contributed by atoms with Gasteiger partial charge in [0.2, 0.25) is 5.60 Å². The second kappa shape index (κ2) is 8.54. The van der Waals surface area contributed by atoms with E-state index < -0.39 is 27.2 Å². The minimum Gasteiger partial charge on any atom is -0.741 e. The molecular formula is C20H22F3NO7S3. The molecule has 0 radical (unpaired) electrons. The van der Waals surface area contributed by atoms with Crippen molar-refractivity contribution in [3.63, 3.8) is 0 Å². The third-order valence-corrected chi connectivity index (χ3v) is 9.17. The summed E-state index contributed by atoms with van der Waals surface area (Å²) < 4.78 is 71.5. The van der Waals surface area contributed by atoms with Gasteiger partial charge in [0.25, 0.3) is 0 Å². The minimum atomic E-state index is -6.09. The highest BCUT2D eigenvalue weighted by Gasteiger charge is 2.71. The Labute approximate surface area is 201 Å². The highest BCUT2D eigenvalue weighted by atomic mass is 32.2. The Balaban J connectivity index is 0.000000297. The quantitative estimate of drug-likeness (QED) is 0.208. The standard InChI is InChI=1S/C19H22NO4S2.CHF3O3S/c1-20(2)12-9-11(10-13(20)17-16(12)24-17)23-18(21)19(22,14-5-3-7-25-14)15-6-4-8-26-15;2-1(3,4)8(5,6)7/h3-8,11-13,16-17,22H,9-10H2,1-2H3;(H,5,6,7)/q+1;/p-1. The first-order chi connectivity index (χ1) is 15.7. The maximum atomic E-state index is 13.1. The molecular weight excluding hydrogens is 519 g/mol. The van der Waals surface area contributed by atoms with Crippen LogP contribution in [0.2, 0.25) is 0 Å². The van der Waals surface area contributed by atoms with Gasteiger partial charge in [0.15, 0.2) is 10.1 Å². The van der Waals surface area contributed by atoms with Crippen molar-refractivity contribution >= 4 is 38.8 Å². The Morgan fingerprint density at radius 1 is 1.12 bits per heavy atom. The lowest BCUT2D eigenvalue weighted by Gasteiger charge is -2.45. The van der Waals surface area contributed by atoms with Crippen molar-refractivity contribution in [2.75, 3.05) is 14.1 Å². The van der Waals surface area contributed by atoms with Crippen LogP contribution in [0.15, 0.2) is 35.0 Å². The topological polar surface area (TPSA) is 116 Å². The number of fused-ring (bicyclic) bond motifs is 5. The molecule has 4 unspecified atom stereocenters. The fourth-order valence-corrected chi connectivity index (χ4v) is 6.54. The maximum absolute atomic E-state index is 13.1. The number of hydrogen-bond acceptors (Lipinski definition) is 9. The lowest BCUT2D eigenvalue weighted by atomic mass is 9.95. The molecule has 5 rings (SSSR count). The molecule has 34 heavy (non-hydrogen) atoms. The van der Waals surface area contributed by atoms with Crippen LogP contribution < -0.4 is 0 Å². The summed E-state index contributed by atoms with van der Waals surface area (Å²) in [4.78, 5) is 14.3. The molecule has 3 aliphatic heterocycles. The van der Waals surface area contributed by atoms with Crippen molar-refractivity contribution in [3.05, 3.63) is 44.8 Å². The molecule has 2 aromatic rings. The number of ether oxygens (including phenoxy) is 2. The molecule has 0 aliphatic carbocycles. The first-order valence-electron chi connectivity index (χ1n) is 10.2. The lowest BCUT2D eigenvalue weighted by molar-refractivity contribution is -0.938. The molecule has 2 bridgehead atoms. The summed E-state index contributed by atoms with van der Waals surface area (Å²) >= 11 is 2.74. The predicted molar refractivity (Wildman–Crippen MR) is 115 cm³/mol. The number of likely N-dealkylation sites (N-methyl/N-ethyl adjacent to an activating group) is 1. The van der Waals surface area contributed by atoms with Crippen LogP contribution in [0.25, 0.3) is 0 Å². The van der Waals surface area contributed by atoms with Crippen molar-refractivity contribution in [1.82, 2.24) is 0 Å². The van der Waals surface area contributed by atoms with E-state index in [0.717, 1.165) is 17.3 Å². The van der Waals surface area contributed by atoms with E-state index in [4.69, 9.17) is 22.4 Å². The smallest absolute Gasteiger partial charge is 0.485 e. The average Bonchev–Trinajstić information content (AvgIpc) is 3.08. The van der Waals surface area contributed by atoms with Gasteiger partial charge in [-0.25, -0.2) is 13.2 Å². The normalized spacial score (nSPS) is 29.6. The first-order valence-corrected chi connectivity index (χ1v) is 13.4. The van der Waals surface area contributed by atoms with E-state index >= 15 is 0 Å². The van der Waals surface area contributed by atoms with E-state index in [2.05, 4.69) is 14.1 Å². The minimum absolute atomic E-state index is 0.161. The maximum Gasteiger partial charge on any atom is 0.485 e. The summed E-state index contributed by atoms with van der Waals surface area (Å²) in [5.41, 5.74) is -7.37. The molecule has 0 aromatic carbocycles. The molecule has 4 atom stereocenters. The molecule has 3 saturated heterocycles. The van der Waals surface area contributed by atoms with Gasteiger partial charge in [0.1, 0.15) is 30.4 Å². The van der Waals surface area contributed by atoms with Crippen LogP contribution in [0, 0.1) is 0 Å². The summed E-state index contributed by atoms with van der Waals surface area (Å²) in [5, 5.41) is 15.1. The van der Waals surface area contributed by atoms with Crippen molar-refractivity contribution < 1.29 is 50.0 Å². The van der Waals surface area contributed by atoms with Gasteiger partial charge in [-0.1, -0.05) is 12.1 Å². The fraction of sp³-hybridized carbons (Fsp3) is 0.550. The second-order valence-corrected chi connectivity index (χ2v) is 12.2. The summed E-state index contributed by atoms with van der Waals surface area (Å²) in [6.45, 7) is 0. The zero-order chi connectivity index (χ0) is 25.1. The number of carbonyl (C=O) groups is 1. The van der Waals surface area contributed by atoms with E-state index in [1.165, 1.54) is 22.7 Å². The summed E-state index contributed by atoms with van der Waals surface area (Å²) in [6.07, 6.45) is 2.05. The first kappa shape index (κ1) is 25.5. The highest BCUT2D eigenvalue weighted by molar-refractivity contribution is 7.86. The Morgan fingerprint density at radius 3 is 1.91 bits per heavy atom. The monoisotopic (exact) mass is 541 g/mol. The number of epoxide rings is 1. The number of aliphatic hydroxyl groups is 1. The number of rotatable bonds is 4. The fourth-order valence-electron chi connectivity index (χ4n) is 4.83. The zero-order valence-corrected chi connectivity index (χ0v) is 20.4. The van der Waals surface area contributed by atoms with Crippen molar-refractivity contribution in [2.24, 2.45) is 0 Å². The molecule has 188 valence electrons. The van der Waals surface area contributed by atoms with Crippen molar-refractivity contribution in [3.8, 4) is 0 Å². The molecule has 2 aromatic heterocycles. The number of quaternary nitrogens is 1. The lowest BCUT2D eigenvalue weighted by Crippen LogP contribution is -2.60. The Hall–Kier alpha value is -1.55. The van der Waals surface area contributed by atoms with Gasteiger partial charge < -0.3 is 23.6 Å². The van der Waals surface area contributed by atoms with Gasteiger partial charge in [0.05, 0.1) is 23.8 Å². The summed E-state index contributed by atoms with van der Waals surface area (Å²) in [5.74, 6) is -0.561. The molecule has 14 heteroatoms. The van der Waals surface area contributed by atoms with E-state index in [1.807, 2.05) is 22.9 Å². The van der Waals surface area contributed by atoms with E-state index in [-0.39, 0.29) is 6.10 Å². The van der Waals surface area contributed by atoms with Gasteiger partial charge in [0, 0.05) is 12.8 Å². The molecule has 8 nitrogen and oxygen atoms in total. The predicted octanol–water partition coefficient (Wildman–Crippen LogP) is 2.40. The molecule has 0 saturated carbocycles. The molecule has 1 N–H and O–H groups in total. The summed E-state index contributed by atoms with van der Waals surface area (Å²) in [7, 11) is -1.60. The number of hydrogen-bond donors (Lipinski definition) is 1. The van der Waals surface area contributed by atoms with Gasteiger partial charge in [-0.2, -0.15) is 13.2 Å². The van der Waals surface area contributed by atoms with Crippen LogP contribution >= 0.6 is 22.7 Å². The molecule has 0 amide bonds. The number of carbonyl (C=O) groups excluding carboxylic acids is 1. The molecule has 3 fully saturated rings. The number of alkyl halides is 3. The average molecular weight is 542 g/mol. The molecule has 0 spiro atoms. The Morgan fingerprint density at radius 2 is 1.56 bits per heavy atom. The number of halogens is 3. The third-order valence-electron chi connectivity index (χ3n) is 6.65. The van der Waals surface area contributed by atoms with Gasteiger partial charge in [-0.15, -0.1) is 22.7 Å². The number of thiophene rings is 2. The Kier molecular flexibility index (Phi) is 6.41. The number of piperidine rings is 1. The molecule has 3 aliphatic rings. The summed E-state index contributed by atoms with van der Waals surface area (Å²) in [6, 6.07) is 8.01. The van der Waals surface area contributed by atoms with E-state index in [0.29, 0.717) is 34.0 Å². The van der Waals surface area contributed by atoms with Crippen LogP contribution in [0.3, 0.4) is 0 Å². The van der Waals surface area contributed by atoms with Crippen LogP contribution in [0.1, 0.15) is 22.6 Å². The van der Waals surface area contributed by atoms with Gasteiger partial charge in [-0.3, -0.25) is 0 Å². The highest BCUT2D eigenvalue weighted by Crippen LogP contribution is 2.52. The van der Waals surface area contributed by atoms with Crippen LogP contribution in [-0.4, -0.2) is 78.5 Å². The third kappa shape index (κ3) is 4.40. The van der Waals surface area contributed by atoms with E-state index in [1.54, 1.807) is 12.1 Å². The van der Waals surface area contributed by atoms with Crippen LogP contribution in [0.4, 0.5) is 13.2 Å². The van der Waals surface area contributed by atoms with Crippen molar-refractivity contribution in [2.45, 2.75) is 54.3 Å². The SMILES string of the molecule is C[N+]1(C)C2CC(OC(=O)C(O)(c3cccs3)c3cccs3)CC1C1OC12.O=S(=O)([O-])C(F)(F)F. The Bertz CT molecular complexity index is 1080.